The van der Waals surface area contributed by atoms with Crippen molar-refractivity contribution in [3.63, 3.8) is 0 Å². The molecule has 2 heterocycles. The molecular formula is C23H24ClN3O3. The summed E-state index contributed by atoms with van der Waals surface area (Å²) in [5.74, 6) is 0.326. The van der Waals surface area contributed by atoms with Gasteiger partial charge >= 0.3 is 11.1 Å². The van der Waals surface area contributed by atoms with Gasteiger partial charge in [0, 0.05) is 18.1 Å². The van der Waals surface area contributed by atoms with Gasteiger partial charge in [-0.05, 0) is 48.6 Å². The smallest absolute Gasteiger partial charge is 0.317 e. The highest BCUT2D eigenvalue weighted by Crippen LogP contribution is 2.17. The number of likely N-dealkylation sites (tertiary alicyclic amines) is 1. The summed E-state index contributed by atoms with van der Waals surface area (Å²) in [4.78, 5) is 40.6. The first-order valence-corrected chi connectivity index (χ1v) is 10.6. The molecule has 1 aliphatic rings. The summed E-state index contributed by atoms with van der Waals surface area (Å²) in [5.41, 5.74) is 0.748. The van der Waals surface area contributed by atoms with E-state index in [-0.39, 0.29) is 19.0 Å². The van der Waals surface area contributed by atoms with Crippen molar-refractivity contribution in [3.05, 3.63) is 79.8 Å². The number of amides is 1. The minimum absolute atomic E-state index is 0.122. The lowest BCUT2D eigenvalue weighted by Crippen LogP contribution is -2.46. The topological polar surface area (TPSA) is 64.3 Å². The summed E-state index contributed by atoms with van der Waals surface area (Å²) in [6, 6.07) is 14.4. The summed E-state index contributed by atoms with van der Waals surface area (Å²) in [6.45, 7) is 3.65. The molecule has 0 spiro atoms. The molecule has 1 amide bonds. The molecule has 0 unspecified atom stereocenters. The van der Waals surface area contributed by atoms with Gasteiger partial charge < -0.3 is 4.90 Å². The Morgan fingerprint density at radius 1 is 1.00 bits per heavy atom. The molecule has 4 rings (SSSR count). The number of carbonyl (C=O) groups is 1. The minimum atomic E-state index is -0.680. The van der Waals surface area contributed by atoms with Gasteiger partial charge in [-0.2, -0.15) is 0 Å². The molecule has 0 bridgehead atoms. The van der Waals surface area contributed by atoms with E-state index in [0.717, 1.165) is 18.4 Å². The van der Waals surface area contributed by atoms with Gasteiger partial charge in [-0.1, -0.05) is 42.8 Å². The first-order valence-electron chi connectivity index (χ1n) is 10.2. The zero-order valence-corrected chi connectivity index (χ0v) is 17.6. The lowest BCUT2D eigenvalue weighted by atomic mass is 10.0. The number of para-hydroxylation sites is 2. The van der Waals surface area contributed by atoms with Crippen molar-refractivity contribution in [1.29, 1.82) is 0 Å². The van der Waals surface area contributed by atoms with E-state index in [0.29, 0.717) is 35.1 Å². The number of nitrogens with zero attached hydrogens (tertiary/aromatic N) is 3. The molecule has 1 aliphatic heterocycles. The Kier molecular flexibility index (Phi) is 5.77. The van der Waals surface area contributed by atoms with E-state index >= 15 is 0 Å². The maximum Gasteiger partial charge on any atom is 0.317 e. The maximum absolute atomic E-state index is 13.0. The van der Waals surface area contributed by atoms with Crippen LogP contribution in [0.1, 0.15) is 25.3 Å². The van der Waals surface area contributed by atoms with Crippen LogP contribution in [0.3, 0.4) is 0 Å². The van der Waals surface area contributed by atoms with Crippen molar-refractivity contribution < 1.29 is 4.79 Å². The summed E-state index contributed by atoms with van der Waals surface area (Å²) >= 11 is 5.95. The second-order valence-corrected chi connectivity index (χ2v) is 8.42. The van der Waals surface area contributed by atoms with Gasteiger partial charge in [0.05, 0.1) is 17.6 Å². The molecule has 1 fully saturated rings. The van der Waals surface area contributed by atoms with Crippen molar-refractivity contribution in [2.75, 3.05) is 13.1 Å². The number of rotatable bonds is 4. The Morgan fingerprint density at radius 3 is 2.30 bits per heavy atom. The van der Waals surface area contributed by atoms with Gasteiger partial charge in [-0.25, -0.2) is 0 Å². The number of hydrogen-bond donors (Lipinski definition) is 0. The minimum Gasteiger partial charge on any atom is -0.341 e. The fourth-order valence-electron chi connectivity index (χ4n) is 4.11. The molecule has 1 atom stereocenters. The third kappa shape index (κ3) is 4.05. The van der Waals surface area contributed by atoms with Gasteiger partial charge in [0.1, 0.15) is 6.54 Å². The van der Waals surface area contributed by atoms with Crippen LogP contribution in [-0.4, -0.2) is 33.0 Å². The van der Waals surface area contributed by atoms with Crippen LogP contribution in [0.4, 0.5) is 0 Å². The first kappa shape index (κ1) is 20.4. The molecule has 156 valence electrons. The number of aromatic nitrogens is 2. The SMILES string of the molecule is C[C@H]1CCCN(C(=O)Cn2c(=O)c(=O)n(Cc3ccc(Cl)cc3)c3ccccc32)C1. The fraction of sp³-hybridized carbons (Fsp3) is 0.348. The van der Waals surface area contributed by atoms with E-state index < -0.39 is 11.1 Å². The molecule has 0 N–H and O–H groups in total. The third-order valence-corrected chi connectivity index (χ3v) is 5.95. The van der Waals surface area contributed by atoms with E-state index in [9.17, 15) is 14.4 Å². The second kappa shape index (κ2) is 8.48. The average molecular weight is 426 g/mol. The fourth-order valence-corrected chi connectivity index (χ4v) is 4.23. The highest BCUT2D eigenvalue weighted by Gasteiger charge is 2.23. The van der Waals surface area contributed by atoms with Crippen LogP contribution < -0.4 is 11.1 Å². The molecule has 30 heavy (non-hydrogen) atoms. The van der Waals surface area contributed by atoms with Crippen LogP contribution >= 0.6 is 11.6 Å². The summed E-state index contributed by atoms with van der Waals surface area (Å²) in [5, 5.41) is 0.608. The average Bonchev–Trinajstić information content (AvgIpc) is 2.75. The molecule has 1 saturated heterocycles. The monoisotopic (exact) mass is 425 g/mol. The Bertz CT molecular complexity index is 1200. The first-order chi connectivity index (χ1) is 14.4. The van der Waals surface area contributed by atoms with Crippen LogP contribution in [0, 0.1) is 5.92 Å². The Labute approximate surface area is 179 Å². The molecule has 0 aliphatic carbocycles. The Morgan fingerprint density at radius 2 is 1.63 bits per heavy atom. The number of fused-ring (bicyclic) bond motifs is 1. The largest absolute Gasteiger partial charge is 0.341 e. The lowest BCUT2D eigenvalue weighted by molar-refractivity contribution is -0.133. The normalized spacial score (nSPS) is 16.7. The summed E-state index contributed by atoms with van der Waals surface area (Å²) < 4.78 is 2.78. The van der Waals surface area contributed by atoms with Gasteiger partial charge in [-0.15, -0.1) is 0 Å². The predicted octanol–water partition coefficient (Wildman–Crippen LogP) is 3.12. The molecule has 1 aromatic heterocycles. The molecule has 6 nitrogen and oxygen atoms in total. The van der Waals surface area contributed by atoms with Crippen molar-refractivity contribution >= 4 is 28.5 Å². The quantitative estimate of drug-likeness (QED) is 0.603. The van der Waals surface area contributed by atoms with Crippen molar-refractivity contribution in [3.8, 4) is 0 Å². The van der Waals surface area contributed by atoms with E-state index in [1.165, 1.54) is 9.13 Å². The van der Waals surface area contributed by atoms with Crippen LogP contribution in [0.2, 0.25) is 5.02 Å². The van der Waals surface area contributed by atoms with Crippen LogP contribution in [0.15, 0.2) is 58.1 Å². The Hall–Kier alpha value is -2.86. The third-order valence-electron chi connectivity index (χ3n) is 5.69. The van der Waals surface area contributed by atoms with Crippen molar-refractivity contribution in [2.45, 2.75) is 32.9 Å². The summed E-state index contributed by atoms with van der Waals surface area (Å²) in [7, 11) is 0. The van der Waals surface area contributed by atoms with Gasteiger partial charge in [0.2, 0.25) is 5.91 Å². The van der Waals surface area contributed by atoms with E-state index in [1.54, 1.807) is 29.2 Å². The Balaban J connectivity index is 1.74. The van der Waals surface area contributed by atoms with Crippen molar-refractivity contribution in [2.24, 2.45) is 5.92 Å². The number of halogens is 1. The molecule has 0 saturated carbocycles. The molecule has 3 aromatic rings. The number of hydrogen-bond acceptors (Lipinski definition) is 3. The highest BCUT2D eigenvalue weighted by atomic mass is 35.5. The molecule has 7 heteroatoms. The van der Waals surface area contributed by atoms with Crippen LogP contribution in [0.5, 0.6) is 0 Å². The molecular weight excluding hydrogens is 402 g/mol. The van der Waals surface area contributed by atoms with Gasteiger partial charge in [-0.3, -0.25) is 23.5 Å². The van der Waals surface area contributed by atoms with Crippen molar-refractivity contribution in [1.82, 2.24) is 14.0 Å². The number of piperidine rings is 1. The van der Waals surface area contributed by atoms with E-state index in [4.69, 9.17) is 11.6 Å². The zero-order chi connectivity index (χ0) is 21.3. The molecule has 2 aromatic carbocycles. The highest BCUT2D eigenvalue weighted by molar-refractivity contribution is 6.30. The predicted molar refractivity (Wildman–Crippen MR) is 118 cm³/mol. The number of carbonyl (C=O) groups excluding carboxylic acids is 1. The van der Waals surface area contributed by atoms with E-state index in [1.807, 2.05) is 24.3 Å². The van der Waals surface area contributed by atoms with Gasteiger partial charge in [0.25, 0.3) is 0 Å². The molecule has 0 radical (unpaired) electrons. The second-order valence-electron chi connectivity index (χ2n) is 7.98. The van der Waals surface area contributed by atoms with Crippen LogP contribution in [0.25, 0.3) is 11.0 Å². The summed E-state index contributed by atoms with van der Waals surface area (Å²) in [6.07, 6.45) is 2.07. The van der Waals surface area contributed by atoms with Gasteiger partial charge in [0.15, 0.2) is 0 Å². The zero-order valence-electron chi connectivity index (χ0n) is 16.9. The standard InChI is InChI=1S/C23H24ClN3O3/c1-16-5-4-12-25(13-16)21(28)15-27-20-7-3-2-6-19(20)26(22(29)23(27)30)14-17-8-10-18(24)11-9-17/h2-3,6-11,16H,4-5,12-15H2,1H3/t16-/m0/s1. The van der Waals surface area contributed by atoms with E-state index in [2.05, 4.69) is 6.92 Å². The van der Waals surface area contributed by atoms with Crippen LogP contribution in [-0.2, 0) is 17.9 Å². The maximum atomic E-state index is 13.0. The number of benzene rings is 2. The lowest BCUT2D eigenvalue weighted by Gasteiger charge is -2.31.